The van der Waals surface area contributed by atoms with Crippen molar-refractivity contribution in [2.24, 2.45) is 35.5 Å². The fraction of sp³-hybridized carbons (Fsp3) is 0.745. The molecule has 3 fully saturated rings. The maximum absolute atomic E-state index is 14.5. The van der Waals surface area contributed by atoms with Crippen LogP contribution in [0.5, 0.6) is 0 Å². The highest BCUT2D eigenvalue weighted by Crippen LogP contribution is 2.38. The zero-order chi connectivity index (χ0) is 52.6. The van der Waals surface area contributed by atoms with Crippen LogP contribution in [-0.4, -0.2) is 146 Å². The minimum absolute atomic E-state index is 0.0114. The average molecular weight is 999 g/mol. The number of esters is 1. The number of Topliss-reactive ketones (excluding diaryl/α,β-unsaturated/α-hetero) is 3. The number of hydrogen-bond acceptors (Lipinski definition) is 14. The fourth-order valence-corrected chi connectivity index (χ4v) is 10.7. The molecule has 15 atom stereocenters. The number of nitrogens with zero attached hydrogens (tertiary/aromatic N) is 1. The van der Waals surface area contributed by atoms with Gasteiger partial charge in [0.1, 0.15) is 30.1 Å². The Morgan fingerprint density at radius 3 is 2.30 bits per heavy atom. The van der Waals surface area contributed by atoms with Gasteiger partial charge in [-0.25, -0.2) is 4.79 Å². The van der Waals surface area contributed by atoms with Crippen molar-refractivity contribution in [2.75, 3.05) is 41.0 Å². The molecule has 1 aliphatic carbocycles. The summed E-state index contributed by atoms with van der Waals surface area (Å²) in [5.74, 6) is -8.17. The molecule has 0 aromatic rings. The molecule has 0 radical (unpaired) electrons. The first-order valence-corrected chi connectivity index (χ1v) is 26.0. The molecule has 0 spiro atoms. The second-order valence-corrected chi connectivity index (χ2v) is 20.9. The van der Waals surface area contributed by atoms with Gasteiger partial charge in [0.05, 0.1) is 31.0 Å². The Labute approximate surface area is 422 Å². The molecule has 2 bridgehead atoms. The molecule has 16 heteroatoms. The monoisotopic (exact) mass is 999 g/mol. The van der Waals surface area contributed by atoms with Crippen molar-refractivity contribution in [3.05, 3.63) is 47.6 Å². The SMILES string of the molecule is CO[C@H]1C[C@@H]2CC[C@@H](C)[C@@](O)(O2)C(=O)C(=O)N2CCCC[C@H]2C(=O)O[C@H]([C@H](C)C[C@H]2CC[C@@H](OCCNC(C)=O)[C@H](OC)C2)CC(=O)[C@H](C)/C=C(\C)[C@@H](O)[C@@H](OC)C(=O)[C@H](C)C[C@H](C)/C=C/C=C/C=C/1C. The summed E-state index contributed by atoms with van der Waals surface area (Å²) >= 11 is 0. The summed E-state index contributed by atoms with van der Waals surface area (Å²) in [4.78, 5) is 83.7. The van der Waals surface area contributed by atoms with Crippen molar-refractivity contribution >= 4 is 35.1 Å². The molecule has 3 aliphatic heterocycles. The second-order valence-electron chi connectivity index (χ2n) is 20.9. The number of aliphatic hydroxyl groups excluding tert-OH is 1. The van der Waals surface area contributed by atoms with Gasteiger partial charge < -0.3 is 48.9 Å². The number of rotatable bonds is 10. The first-order chi connectivity index (χ1) is 33.6. The van der Waals surface area contributed by atoms with Gasteiger partial charge in [0, 0.05) is 71.9 Å². The summed E-state index contributed by atoms with van der Waals surface area (Å²) in [5.41, 5.74) is 1.26. The third kappa shape index (κ3) is 16.8. The summed E-state index contributed by atoms with van der Waals surface area (Å²) in [6.45, 7) is 14.9. The van der Waals surface area contributed by atoms with Crippen molar-refractivity contribution in [3.63, 3.8) is 0 Å². The highest BCUT2D eigenvalue weighted by Gasteiger charge is 2.53. The number of hydrogen-bond donors (Lipinski definition) is 3. The highest BCUT2D eigenvalue weighted by atomic mass is 16.6. The Kier molecular flexibility index (Phi) is 24.0. The van der Waals surface area contributed by atoms with Crippen molar-refractivity contribution in [2.45, 2.75) is 187 Å². The van der Waals surface area contributed by atoms with Gasteiger partial charge in [0.15, 0.2) is 5.78 Å². The zero-order valence-corrected chi connectivity index (χ0v) is 44.4. The topological polar surface area (TPSA) is 214 Å². The second kappa shape index (κ2) is 28.5. The number of methoxy groups -OCH3 is 3. The molecule has 3 N–H and O–H groups in total. The number of piperidine rings is 1. The lowest BCUT2D eigenvalue weighted by Gasteiger charge is -2.42. The summed E-state index contributed by atoms with van der Waals surface area (Å²) in [7, 11) is 4.59. The van der Waals surface area contributed by atoms with E-state index in [0.29, 0.717) is 76.5 Å². The number of fused-ring (bicyclic) bond motifs is 3. The first-order valence-electron chi connectivity index (χ1n) is 26.0. The number of amides is 2. The minimum atomic E-state index is -2.44. The first kappa shape index (κ1) is 59.7. The predicted octanol–water partition coefficient (Wildman–Crippen LogP) is 6.34. The Bertz CT molecular complexity index is 1930. The normalized spacial score (nSPS) is 37.9. The third-order valence-electron chi connectivity index (χ3n) is 15.3. The van der Waals surface area contributed by atoms with Crippen LogP contribution in [0.25, 0.3) is 0 Å². The van der Waals surface area contributed by atoms with E-state index in [2.05, 4.69) is 5.32 Å². The van der Waals surface area contributed by atoms with Crippen LogP contribution in [0.3, 0.4) is 0 Å². The number of ketones is 3. The van der Waals surface area contributed by atoms with E-state index >= 15 is 0 Å². The number of allylic oxidation sites excluding steroid dienone is 6. The van der Waals surface area contributed by atoms with Crippen LogP contribution >= 0.6 is 0 Å². The molecule has 400 valence electrons. The van der Waals surface area contributed by atoms with E-state index in [1.807, 2.05) is 58.1 Å². The minimum Gasteiger partial charge on any atom is -0.460 e. The van der Waals surface area contributed by atoms with E-state index in [1.54, 1.807) is 41.1 Å². The Hall–Kier alpha value is -3.90. The van der Waals surface area contributed by atoms with Gasteiger partial charge in [-0.2, -0.15) is 0 Å². The van der Waals surface area contributed by atoms with E-state index < -0.39 is 77.8 Å². The fourth-order valence-electron chi connectivity index (χ4n) is 10.7. The number of carbonyl (C=O) groups is 6. The number of aliphatic hydroxyl groups is 2. The summed E-state index contributed by atoms with van der Waals surface area (Å²) in [6.07, 6.45) is 11.9. The summed E-state index contributed by atoms with van der Waals surface area (Å²) in [6, 6.07) is -1.15. The molecule has 3 heterocycles. The molecule has 4 aliphatic rings. The third-order valence-corrected chi connectivity index (χ3v) is 15.3. The van der Waals surface area contributed by atoms with Crippen LogP contribution in [0.1, 0.15) is 132 Å². The van der Waals surface area contributed by atoms with Crippen LogP contribution < -0.4 is 5.32 Å². The van der Waals surface area contributed by atoms with Gasteiger partial charge in [0.2, 0.25) is 11.7 Å². The van der Waals surface area contributed by atoms with Crippen LogP contribution in [-0.2, 0) is 57.2 Å². The largest absolute Gasteiger partial charge is 0.460 e. The molecule has 0 unspecified atom stereocenters. The van der Waals surface area contributed by atoms with E-state index in [-0.39, 0.29) is 66.8 Å². The molecule has 0 aromatic carbocycles. The lowest BCUT2D eigenvalue weighted by atomic mass is 9.78. The van der Waals surface area contributed by atoms with Gasteiger partial charge in [-0.3, -0.25) is 24.0 Å². The smallest absolute Gasteiger partial charge is 0.329 e. The Balaban J connectivity index is 1.68. The lowest BCUT2D eigenvalue weighted by Crippen LogP contribution is -2.61. The van der Waals surface area contributed by atoms with Crippen LogP contribution in [0, 0.1) is 35.5 Å². The Morgan fingerprint density at radius 1 is 0.887 bits per heavy atom. The number of ether oxygens (including phenoxy) is 6. The molecular weight excluding hydrogens is 913 g/mol. The Morgan fingerprint density at radius 2 is 1.62 bits per heavy atom. The summed E-state index contributed by atoms with van der Waals surface area (Å²) < 4.78 is 35.9. The van der Waals surface area contributed by atoms with E-state index in [4.69, 9.17) is 28.4 Å². The van der Waals surface area contributed by atoms with Crippen molar-refractivity contribution in [1.29, 1.82) is 0 Å². The predicted molar refractivity (Wildman–Crippen MR) is 268 cm³/mol. The van der Waals surface area contributed by atoms with Crippen LogP contribution in [0.2, 0.25) is 0 Å². The van der Waals surface area contributed by atoms with E-state index in [9.17, 15) is 39.0 Å². The molecule has 0 aromatic heterocycles. The highest BCUT2D eigenvalue weighted by molar-refractivity contribution is 6.39. The summed E-state index contributed by atoms with van der Waals surface area (Å²) in [5, 5.41) is 26.2. The van der Waals surface area contributed by atoms with Gasteiger partial charge in [-0.1, -0.05) is 71.1 Å². The molecule has 16 nitrogen and oxygen atoms in total. The molecule has 4 rings (SSSR count). The molecular formula is C55H86N2O14. The standard InChI is InChI=1S/C55H86N2O14/c1-33-17-13-12-14-18-34(2)46(66-9)31-42-22-20-39(7)55(65,71-42)52(62)53(63)57-25-16-15-19-43(57)54(64)70-47(32-44(59)35(3)28-38(6)50(61)51(68-11)49(60)37(5)27-33)36(4)29-41-21-23-45(48(30-41)67-10)69-26-24-56-40(8)58/h12-14,17-18,28,33,35-37,39,41-43,45-48,50-51,61,65H,15-16,19-27,29-32H2,1-11H3,(H,56,58)/b14-12+,17-13+,34-18+,38-28+/t33-,35-,36-,37-,39-,41-,42+,43+,45-,46+,47+,48-,50-,51+,55-/m1/s1. The number of nitrogens with one attached hydrogen (secondary N) is 1. The molecule has 2 saturated heterocycles. The molecule has 71 heavy (non-hydrogen) atoms. The molecule has 1 saturated carbocycles. The zero-order valence-electron chi connectivity index (χ0n) is 44.4. The maximum atomic E-state index is 14.5. The maximum Gasteiger partial charge on any atom is 0.329 e. The van der Waals surface area contributed by atoms with Crippen LogP contribution in [0.4, 0.5) is 0 Å². The van der Waals surface area contributed by atoms with Crippen molar-refractivity contribution in [3.8, 4) is 0 Å². The van der Waals surface area contributed by atoms with Crippen LogP contribution in [0.15, 0.2) is 47.6 Å². The van der Waals surface area contributed by atoms with Gasteiger partial charge >= 0.3 is 5.97 Å². The van der Waals surface area contributed by atoms with E-state index in [0.717, 1.165) is 12.0 Å². The van der Waals surface area contributed by atoms with E-state index in [1.165, 1.54) is 18.9 Å². The molecule has 2 amide bonds. The number of carbonyl (C=O) groups excluding carboxylic acids is 6. The quantitative estimate of drug-likeness (QED) is 0.0944. The van der Waals surface area contributed by atoms with Gasteiger partial charge in [-0.15, -0.1) is 0 Å². The van der Waals surface area contributed by atoms with Gasteiger partial charge in [-0.05, 0) is 107 Å². The lowest BCUT2D eigenvalue weighted by molar-refractivity contribution is -0.265. The van der Waals surface area contributed by atoms with Crippen molar-refractivity contribution < 1.29 is 67.4 Å². The number of cyclic esters (lactones) is 1. The average Bonchev–Trinajstić information content (AvgIpc) is 3.34. The van der Waals surface area contributed by atoms with Crippen molar-refractivity contribution in [1.82, 2.24) is 10.2 Å². The van der Waals surface area contributed by atoms with Gasteiger partial charge in [0.25, 0.3) is 11.7 Å².